The molecule has 0 aromatic carbocycles. The summed E-state index contributed by atoms with van der Waals surface area (Å²) in [5.74, 6) is -0.251. The molecule has 0 saturated carbocycles. The fourth-order valence-corrected chi connectivity index (χ4v) is 1.66. The molecule has 15 heavy (non-hydrogen) atoms. The number of likely N-dealkylation sites (N-methyl/N-ethyl adjacent to an activating group) is 1. The van der Waals surface area contributed by atoms with Crippen LogP contribution in [0.1, 0.15) is 12.5 Å². The molecule has 1 aromatic rings. The lowest BCUT2D eigenvalue weighted by Gasteiger charge is -2.21. The van der Waals surface area contributed by atoms with Crippen molar-refractivity contribution in [1.82, 2.24) is 15.2 Å². The lowest BCUT2D eigenvalue weighted by molar-refractivity contribution is -0.130. The molecule has 1 aliphatic rings. The van der Waals surface area contributed by atoms with Crippen LogP contribution in [0.15, 0.2) is 24.5 Å². The Labute approximate surface area is 87.1 Å². The van der Waals surface area contributed by atoms with Gasteiger partial charge in [0.15, 0.2) is 0 Å². The summed E-state index contributed by atoms with van der Waals surface area (Å²) in [4.78, 5) is 28.2. The first-order valence-electron chi connectivity index (χ1n) is 4.56. The van der Waals surface area contributed by atoms with Crippen molar-refractivity contribution in [1.29, 1.82) is 0 Å². The van der Waals surface area contributed by atoms with Gasteiger partial charge >= 0.3 is 6.03 Å². The topological polar surface area (TPSA) is 62.3 Å². The van der Waals surface area contributed by atoms with Gasteiger partial charge in [0.05, 0.1) is 0 Å². The second kappa shape index (κ2) is 3.05. The number of nitrogens with one attached hydrogen (secondary N) is 1. The maximum absolute atomic E-state index is 11.9. The average Bonchev–Trinajstić information content (AvgIpc) is 2.45. The van der Waals surface area contributed by atoms with E-state index >= 15 is 0 Å². The zero-order valence-corrected chi connectivity index (χ0v) is 8.52. The minimum absolute atomic E-state index is 0.251. The molecule has 0 spiro atoms. The molecule has 2 rings (SSSR count). The summed E-state index contributed by atoms with van der Waals surface area (Å²) in [6.07, 6.45) is 3.19. The number of amides is 3. The van der Waals surface area contributed by atoms with Crippen LogP contribution in [0.25, 0.3) is 0 Å². The SMILES string of the molecule is CN1C(=O)N[C@@](C)(c2ccncc2)C1=O. The van der Waals surface area contributed by atoms with Crippen LogP contribution in [-0.4, -0.2) is 28.9 Å². The fourth-order valence-electron chi connectivity index (χ4n) is 1.66. The smallest absolute Gasteiger partial charge is 0.319 e. The van der Waals surface area contributed by atoms with Gasteiger partial charge in [-0.05, 0) is 24.6 Å². The Kier molecular flexibility index (Phi) is 1.96. The Balaban J connectivity index is 2.45. The predicted octanol–water partition coefficient (Wildman–Crippen LogP) is 0.478. The Morgan fingerprint density at radius 3 is 2.40 bits per heavy atom. The summed E-state index contributed by atoms with van der Waals surface area (Å²) in [6, 6.07) is 3.06. The van der Waals surface area contributed by atoms with Crippen molar-refractivity contribution in [2.24, 2.45) is 0 Å². The van der Waals surface area contributed by atoms with E-state index < -0.39 is 5.54 Å². The molecule has 1 N–H and O–H groups in total. The number of hydrogen-bond acceptors (Lipinski definition) is 3. The first-order chi connectivity index (χ1) is 7.05. The Morgan fingerprint density at radius 2 is 1.93 bits per heavy atom. The summed E-state index contributed by atoms with van der Waals surface area (Å²) in [5, 5.41) is 2.66. The Hall–Kier alpha value is -1.91. The number of urea groups is 1. The van der Waals surface area contributed by atoms with Gasteiger partial charge < -0.3 is 5.32 Å². The van der Waals surface area contributed by atoms with Gasteiger partial charge in [0.2, 0.25) is 0 Å². The molecular weight excluding hydrogens is 194 g/mol. The number of nitrogens with zero attached hydrogens (tertiary/aromatic N) is 2. The van der Waals surface area contributed by atoms with Crippen LogP contribution in [0.4, 0.5) is 4.79 Å². The van der Waals surface area contributed by atoms with Gasteiger partial charge in [-0.2, -0.15) is 0 Å². The van der Waals surface area contributed by atoms with E-state index in [9.17, 15) is 9.59 Å². The number of rotatable bonds is 1. The average molecular weight is 205 g/mol. The number of imide groups is 1. The monoisotopic (exact) mass is 205 g/mol. The second-order valence-corrected chi connectivity index (χ2v) is 3.66. The van der Waals surface area contributed by atoms with Crippen molar-refractivity contribution in [3.63, 3.8) is 0 Å². The van der Waals surface area contributed by atoms with Crippen molar-refractivity contribution >= 4 is 11.9 Å². The van der Waals surface area contributed by atoms with Crippen molar-refractivity contribution in [3.8, 4) is 0 Å². The molecule has 2 heterocycles. The van der Waals surface area contributed by atoms with Gasteiger partial charge in [0.25, 0.3) is 5.91 Å². The third-order valence-electron chi connectivity index (χ3n) is 2.65. The van der Waals surface area contributed by atoms with Crippen LogP contribution < -0.4 is 5.32 Å². The molecule has 0 bridgehead atoms. The molecule has 3 amide bonds. The van der Waals surface area contributed by atoms with Gasteiger partial charge in [0.1, 0.15) is 5.54 Å². The largest absolute Gasteiger partial charge is 0.325 e. The van der Waals surface area contributed by atoms with Gasteiger partial charge in [-0.15, -0.1) is 0 Å². The van der Waals surface area contributed by atoms with E-state index in [4.69, 9.17) is 0 Å². The van der Waals surface area contributed by atoms with E-state index in [1.807, 2.05) is 0 Å². The number of carbonyl (C=O) groups is 2. The summed E-state index contributed by atoms with van der Waals surface area (Å²) in [7, 11) is 1.46. The van der Waals surface area contributed by atoms with Gasteiger partial charge in [-0.25, -0.2) is 4.79 Å². The minimum Gasteiger partial charge on any atom is -0.319 e. The molecule has 1 saturated heterocycles. The van der Waals surface area contributed by atoms with Gasteiger partial charge in [-0.3, -0.25) is 14.7 Å². The van der Waals surface area contributed by atoms with Crippen LogP contribution in [0.3, 0.4) is 0 Å². The highest BCUT2D eigenvalue weighted by molar-refractivity contribution is 6.06. The van der Waals surface area contributed by atoms with Crippen LogP contribution >= 0.6 is 0 Å². The first-order valence-corrected chi connectivity index (χ1v) is 4.56. The van der Waals surface area contributed by atoms with Crippen LogP contribution in [0.5, 0.6) is 0 Å². The van der Waals surface area contributed by atoms with E-state index in [0.29, 0.717) is 0 Å². The number of pyridine rings is 1. The van der Waals surface area contributed by atoms with E-state index in [1.54, 1.807) is 31.5 Å². The normalized spacial score (nSPS) is 25.6. The molecule has 1 fully saturated rings. The van der Waals surface area contributed by atoms with Crippen LogP contribution in [0, 0.1) is 0 Å². The molecule has 0 radical (unpaired) electrons. The fraction of sp³-hybridized carbons (Fsp3) is 0.300. The van der Waals surface area contributed by atoms with Gasteiger partial charge in [-0.1, -0.05) is 0 Å². The summed E-state index contributed by atoms with van der Waals surface area (Å²) >= 11 is 0. The van der Waals surface area contributed by atoms with Crippen molar-refractivity contribution in [3.05, 3.63) is 30.1 Å². The van der Waals surface area contributed by atoms with Crippen molar-refractivity contribution in [2.75, 3.05) is 7.05 Å². The molecule has 1 aromatic heterocycles. The minimum atomic E-state index is -0.964. The molecule has 0 unspecified atom stereocenters. The maximum Gasteiger partial charge on any atom is 0.325 e. The predicted molar refractivity (Wildman–Crippen MR) is 52.9 cm³/mol. The van der Waals surface area contributed by atoms with E-state index in [2.05, 4.69) is 10.3 Å². The molecule has 78 valence electrons. The summed E-state index contributed by atoms with van der Waals surface area (Å²) in [6.45, 7) is 1.69. The number of aromatic nitrogens is 1. The zero-order chi connectivity index (χ0) is 11.1. The number of hydrogen-bond donors (Lipinski definition) is 1. The lowest BCUT2D eigenvalue weighted by Crippen LogP contribution is -2.40. The molecule has 0 aliphatic carbocycles. The van der Waals surface area contributed by atoms with Crippen LogP contribution in [-0.2, 0) is 10.3 Å². The van der Waals surface area contributed by atoms with Gasteiger partial charge in [0, 0.05) is 19.4 Å². The third kappa shape index (κ3) is 1.27. The molecular formula is C10H11N3O2. The molecule has 1 aliphatic heterocycles. The third-order valence-corrected chi connectivity index (χ3v) is 2.65. The second-order valence-electron chi connectivity index (χ2n) is 3.66. The van der Waals surface area contributed by atoms with Crippen molar-refractivity contribution in [2.45, 2.75) is 12.5 Å². The number of carbonyl (C=O) groups excluding carboxylic acids is 2. The van der Waals surface area contributed by atoms with Crippen LogP contribution in [0.2, 0.25) is 0 Å². The summed E-state index contributed by atoms with van der Waals surface area (Å²) in [5.41, 5.74) is -0.227. The highest BCUT2D eigenvalue weighted by Gasteiger charge is 2.47. The molecule has 5 nitrogen and oxygen atoms in total. The molecule has 5 heteroatoms. The first kappa shape index (κ1) is 9.64. The Bertz CT molecular complexity index is 418. The standard InChI is InChI=1S/C10H11N3O2/c1-10(7-3-5-11-6-4-7)8(14)13(2)9(15)12-10/h3-6H,1-2H3,(H,12,15)/t10-/m0/s1. The highest BCUT2D eigenvalue weighted by Crippen LogP contribution is 2.26. The van der Waals surface area contributed by atoms with E-state index in [1.165, 1.54) is 7.05 Å². The Morgan fingerprint density at radius 1 is 1.33 bits per heavy atom. The van der Waals surface area contributed by atoms with E-state index in [-0.39, 0.29) is 11.9 Å². The highest BCUT2D eigenvalue weighted by atomic mass is 16.2. The zero-order valence-electron chi connectivity index (χ0n) is 8.52. The maximum atomic E-state index is 11.9. The summed E-state index contributed by atoms with van der Waals surface area (Å²) < 4.78 is 0. The van der Waals surface area contributed by atoms with Crippen molar-refractivity contribution < 1.29 is 9.59 Å². The van der Waals surface area contributed by atoms with E-state index in [0.717, 1.165) is 10.5 Å². The lowest BCUT2D eigenvalue weighted by atomic mass is 9.93. The molecule has 1 atom stereocenters. The quantitative estimate of drug-likeness (QED) is 0.678.